The third kappa shape index (κ3) is 5.62. The van der Waals surface area contributed by atoms with Gasteiger partial charge in [0, 0.05) is 0 Å². The maximum absolute atomic E-state index is 12.6. The van der Waals surface area contributed by atoms with Crippen molar-refractivity contribution in [1.82, 2.24) is 5.32 Å². The zero-order valence-electron chi connectivity index (χ0n) is 18.0. The van der Waals surface area contributed by atoms with Crippen LogP contribution in [-0.4, -0.2) is 46.4 Å². The molecule has 1 aliphatic heterocycles. The van der Waals surface area contributed by atoms with Crippen molar-refractivity contribution in [3.63, 3.8) is 0 Å². The van der Waals surface area contributed by atoms with Gasteiger partial charge in [0.25, 0.3) is 5.91 Å². The first-order chi connectivity index (χ1) is 14.5. The van der Waals surface area contributed by atoms with E-state index in [1.165, 1.54) is 4.31 Å². The van der Waals surface area contributed by atoms with E-state index in [0.29, 0.717) is 22.2 Å². The lowest BCUT2D eigenvalue weighted by Gasteiger charge is -2.35. The SMILES string of the molecule is CC(C)(C)c1ccc2c(c1)N(S(C)(=O)=O)CC(C(=O)NCCOc1ccccc1Cl)O2. The van der Waals surface area contributed by atoms with Crippen molar-refractivity contribution in [3.05, 3.63) is 53.1 Å². The smallest absolute Gasteiger partial charge is 0.263 e. The summed E-state index contributed by atoms with van der Waals surface area (Å²) in [6, 6.07) is 12.5. The molecule has 9 heteroatoms. The number of benzene rings is 2. The van der Waals surface area contributed by atoms with E-state index in [4.69, 9.17) is 21.1 Å². The summed E-state index contributed by atoms with van der Waals surface area (Å²) in [4.78, 5) is 12.6. The van der Waals surface area contributed by atoms with Crippen molar-refractivity contribution in [1.29, 1.82) is 0 Å². The molecule has 3 rings (SSSR count). The minimum atomic E-state index is -3.60. The predicted molar refractivity (Wildman–Crippen MR) is 122 cm³/mol. The van der Waals surface area contributed by atoms with Gasteiger partial charge in [0.05, 0.1) is 30.1 Å². The summed E-state index contributed by atoms with van der Waals surface area (Å²) in [7, 11) is -3.60. The van der Waals surface area contributed by atoms with E-state index in [1.807, 2.05) is 32.9 Å². The molecule has 1 amide bonds. The van der Waals surface area contributed by atoms with Gasteiger partial charge in [-0.1, -0.05) is 50.6 Å². The van der Waals surface area contributed by atoms with Crippen LogP contribution in [0.5, 0.6) is 11.5 Å². The van der Waals surface area contributed by atoms with Crippen LogP contribution in [0, 0.1) is 0 Å². The van der Waals surface area contributed by atoms with E-state index in [9.17, 15) is 13.2 Å². The Morgan fingerprint density at radius 2 is 1.97 bits per heavy atom. The van der Waals surface area contributed by atoms with E-state index in [0.717, 1.165) is 11.8 Å². The quantitative estimate of drug-likeness (QED) is 0.660. The van der Waals surface area contributed by atoms with Crippen molar-refractivity contribution in [2.75, 3.05) is 30.3 Å². The Balaban J connectivity index is 1.69. The topological polar surface area (TPSA) is 84.9 Å². The molecule has 1 aliphatic rings. The number of fused-ring (bicyclic) bond motifs is 1. The normalized spacial score (nSPS) is 16.3. The number of hydrogen-bond acceptors (Lipinski definition) is 5. The number of hydrogen-bond donors (Lipinski definition) is 1. The highest BCUT2D eigenvalue weighted by Gasteiger charge is 2.35. The van der Waals surface area contributed by atoms with Gasteiger partial charge in [-0.05, 0) is 35.2 Å². The van der Waals surface area contributed by atoms with Crippen molar-refractivity contribution in [2.45, 2.75) is 32.3 Å². The number of nitrogens with one attached hydrogen (secondary N) is 1. The van der Waals surface area contributed by atoms with Gasteiger partial charge in [-0.25, -0.2) is 8.42 Å². The summed E-state index contributed by atoms with van der Waals surface area (Å²) in [5.74, 6) is 0.471. The third-order valence-electron chi connectivity index (χ3n) is 4.88. The van der Waals surface area contributed by atoms with Crippen molar-refractivity contribution in [3.8, 4) is 11.5 Å². The van der Waals surface area contributed by atoms with Crippen LogP contribution in [0.3, 0.4) is 0 Å². The molecule has 0 saturated carbocycles. The Bertz CT molecular complexity index is 1070. The standard InChI is InChI=1S/C22H27ClN2O5S/c1-22(2,3)15-9-10-19-17(13-15)25(31(4,27)28)14-20(30-19)21(26)24-11-12-29-18-8-6-5-7-16(18)23/h5-10,13,20H,11-12,14H2,1-4H3,(H,24,26). The van der Waals surface area contributed by atoms with Crippen LogP contribution < -0.4 is 19.1 Å². The van der Waals surface area contributed by atoms with Crippen LogP contribution in [0.4, 0.5) is 5.69 Å². The van der Waals surface area contributed by atoms with Crippen LogP contribution in [0.1, 0.15) is 26.3 Å². The van der Waals surface area contributed by atoms with Gasteiger partial charge in [0.2, 0.25) is 10.0 Å². The molecule has 1 unspecified atom stereocenters. The Hall–Kier alpha value is -2.45. The Kier molecular flexibility index (Phi) is 6.71. The molecule has 0 aromatic heterocycles. The van der Waals surface area contributed by atoms with Gasteiger partial charge in [-0.2, -0.15) is 0 Å². The fraction of sp³-hybridized carbons (Fsp3) is 0.409. The van der Waals surface area contributed by atoms with Crippen LogP contribution in [0.15, 0.2) is 42.5 Å². The Morgan fingerprint density at radius 1 is 1.26 bits per heavy atom. The molecule has 2 aromatic rings. The lowest BCUT2D eigenvalue weighted by Crippen LogP contribution is -2.51. The molecule has 31 heavy (non-hydrogen) atoms. The Morgan fingerprint density at radius 3 is 2.61 bits per heavy atom. The second kappa shape index (κ2) is 8.96. The zero-order valence-corrected chi connectivity index (χ0v) is 19.6. The third-order valence-corrected chi connectivity index (χ3v) is 6.34. The summed E-state index contributed by atoms with van der Waals surface area (Å²) in [6.45, 7) is 6.47. The molecule has 1 atom stereocenters. The predicted octanol–water partition coefficient (Wildman–Crippen LogP) is 3.36. The highest BCUT2D eigenvalue weighted by molar-refractivity contribution is 7.92. The monoisotopic (exact) mass is 466 g/mol. The van der Waals surface area contributed by atoms with Gasteiger partial charge in [0.15, 0.2) is 6.10 Å². The number of sulfonamides is 1. The van der Waals surface area contributed by atoms with Crippen LogP contribution in [-0.2, 0) is 20.2 Å². The van der Waals surface area contributed by atoms with Gasteiger partial charge in [-0.3, -0.25) is 9.10 Å². The summed E-state index contributed by atoms with van der Waals surface area (Å²) < 4.78 is 37.5. The summed E-state index contributed by atoms with van der Waals surface area (Å²) >= 11 is 6.04. The van der Waals surface area contributed by atoms with Gasteiger partial charge in [-0.15, -0.1) is 0 Å². The first-order valence-electron chi connectivity index (χ1n) is 9.91. The molecule has 0 radical (unpaired) electrons. The maximum Gasteiger partial charge on any atom is 0.263 e. The summed E-state index contributed by atoms with van der Waals surface area (Å²) in [5, 5.41) is 3.21. The second-order valence-corrected chi connectivity index (χ2v) is 10.7. The van der Waals surface area contributed by atoms with E-state index >= 15 is 0 Å². The van der Waals surface area contributed by atoms with Crippen molar-refractivity contribution in [2.24, 2.45) is 0 Å². The number of amides is 1. The number of halogens is 1. The van der Waals surface area contributed by atoms with Crippen LogP contribution in [0.2, 0.25) is 5.02 Å². The van der Waals surface area contributed by atoms with E-state index < -0.39 is 22.0 Å². The molecular weight excluding hydrogens is 440 g/mol. The highest BCUT2D eigenvalue weighted by Crippen LogP contribution is 2.38. The first-order valence-corrected chi connectivity index (χ1v) is 12.1. The summed E-state index contributed by atoms with van der Waals surface area (Å²) in [6.07, 6.45) is 0.154. The highest BCUT2D eigenvalue weighted by atomic mass is 35.5. The largest absolute Gasteiger partial charge is 0.490 e. The van der Waals surface area contributed by atoms with Crippen molar-refractivity contribution < 1.29 is 22.7 Å². The van der Waals surface area contributed by atoms with E-state index in [-0.39, 0.29) is 25.1 Å². The molecule has 0 bridgehead atoms. The van der Waals surface area contributed by atoms with Gasteiger partial charge < -0.3 is 14.8 Å². The van der Waals surface area contributed by atoms with E-state index in [1.54, 1.807) is 30.3 Å². The van der Waals surface area contributed by atoms with Crippen molar-refractivity contribution >= 4 is 33.2 Å². The molecule has 1 heterocycles. The fourth-order valence-electron chi connectivity index (χ4n) is 3.18. The fourth-order valence-corrected chi connectivity index (χ4v) is 4.28. The van der Waals surface area contributed by atoms with Crippen LogP contribution in [0.25, 0.3) is 0 Å². The minimum Gasteiger partial charge on any atom is -0.490 e. The lowest BCUT2D eigenvalue weighted by molar-refractivity contribution is -0.127. The summed E-state index contributed by atoms with van der Waals surface area (Å²) in [5.41, 5.74) is 1.26. The number of carbonyl (C=O) groups excluding carboxylic acids is 1. The number of ether oxygens (including phenoxy) is 2. The number of anilines is 1. The lowest BCUT2D eigenvalue weighted by atomic mass is 9.86. The van der Waals surface area contributed by atoms with Gasteiger partial charge >= 0.3 is 0 Å². The number of para-hydroxylation sites is 1. The molecule has 0 aliphatic carbocycles. The van der Waals surface area contributed by atoms with E-state index in [2.05, 4.69) is 5.32 Å². The number of carbonyl (C=O) groups is 1. The number of rotatable bonds is 6. The van der Waals surface area contributed by atoms with Crippen LogP contribution >= 0.6 is 11.6 Å². The molecule has 0 fully saturated rings. The number of nitrogens with zero attached hydrogens (tertiary/aromatic N) is 1. The molecule has 0 saturated heterocycles. The molecule has 7 nitrogen and oxygen atoms in total. The molecule has 0 spiro atoms. The zero-order chi connectivity index (χ0) is 22.8. The average Bonchev–Trinajstić information content (AvgIpc) is 2.69. The maximum atomic E-state index is 12.6. The van der Waals surface area contributed by atoms with Gasteiger partial charge in [0.1, 0.15) is 18.1 Å². The second-order valence-electron chi connectivity index (χ2n) is 8.40. The minimum absolute atomic E-state index is 0.101. The molecule has 168 valence electrons. The first kappa shape index (κ1) is 23.2. The molecule has 1 N–H and O–H groups in total. The molecule has 2 aromatic carbocycles. The Labute approximate surface area is 188 Å². The average molecular weight is 467 g/mol. The molecular formula is C22H27ClN2O5S.